The Bertz CT molecular complexity index is 971. The highest BCUT2D eigenvalue weighted by Gasteiger charge is 2.19. The number of aromatic nitrogens is 1. The standard InChI is InChI=1S/C19H19N3O4S/c1-24-13-6-4-5-11(9-13)16(23)17-18(20)22-19(27-17)21-12-7-8-14(25-2)15(10-12)26-3/h4-10H,20H2,1-3H3,(H,21,22). The van der Waals surface area contributed by atoms with Crippen LogP contribution in [-0.4, -0.2) is 32.1 Å². The van der Waals surface area contributed by atoms with Gasteiger partial charge in [-0.15, -0.1) is 0 Å². The number of methoxy groups -OCH3 is 3. The molecule has 1 aromatic heterocycles. The van der Waals surface area contributed by atoms with Crippen LogP contribution in [-0.2, 0) is 0 Å². The van der Waals surface area contributed by atoms with E-state index < -0.39 is 0 Å². The van der Waals surface area contributed by atoms with Gasteiger partial charge < -0.3 is 25.3 Å². The van der Waals surface area contributed by atoms with Crippen LogP contribution in [0.1, 0.15) is 15.2 Å². The smallest absolute Gasteiger partial charge is 0.206 e. The molecular formula is C19H19N3O4S. The first-order valence-electron chi connectivity index (χ1n) is 7.99. The summed E-state index contributed by atoms with van der Waals surface area (Å²) in [6.45, 7) is 0. The maximum atomic E-state index is 12.8. The van der Waals surface area contributed by atoms with Crippen molar-refractivity contribution in [2.24, 2.45) is 0 Å². The molecule has 7 nitrogen and oxygen atoms in total. The van der Waals surface area contributed by atoms with Gasteiger partial charge >= 0.3 is 0 Å². The van der Waals surface area contributed by atoms with E-state index in [2.05, 4.69) is 10.3 Å². The lowest BCUT2D eigenvalue weighted by Gasteiger charge is -2.09. The van der Waals surface area contributed by atoms with E-state index in [0.717, 1.165) is 5.69 Å². The molecule has 0 amide bonds. The largest absolute Gasteiger partial charge is 0.497 e. The van der Waals surface area contributed by atoms with Crippen LogP contribution in [0.2, 0.25) is 0 Å². The summed E-state index contributed by atoms with van der Waals surface area (Å²) in [6.07, 6.45) is 0. The lowest BCUT2D eigenvalue weighted by molar-refractivity contribution is 0.104. The summed E-state index contributed by atoms with van der Waals surface area (Å²) in [6, 6.07) is 12.3. The van der Waals surface area contributed by atoms with Crippen molar-refractivity contribution in [3.05, 3.63) is 52.9 Å². The molecule has 0 radical (unpaired) electrons. The van der Waals surface area contributed by atoms with Crippen LogP contribution in [0.3, 0.4) is 0 Å². The zero-order chi connectivity index (χ0) is 19.4. The molecule has 140 valence electrons. The second kappa shape index (κ2) is 7.96. The Morgan fingerprint density at radius 3 is 2.52 bits per heavy atom. The van der Waals surface area contributed by atoms with Crippen molar-refractivity contribution >= 4 is 33.8 Å². The molecular weight excluding hydrogens is 366 g/mol. The van der Waals surface area contributed by atoms with Gasteiger partial charge in [0.25, 0.3) is 0 Å². The fourth-order valence-corrected chi connectivity index (χ4v) is 3.35. The molecule has 0 bridgehead atoms. The van der Waals surface area contributed by atoms with Crippen molar-refractivity contribution in [1.82, 2.24) is 4.98 Å². The highest BCUT2D eigenvalue weighted by atomic mass is 32.1. The lowest BCUT2D eigenvalue weighted by atomic mass is 10.1. The second-order valence-corrected chi connectivity index (χ2v) is 6.49. The number of ether oxygens (including phenoxy) is 3. The molecule has 0 aliphatic heterocycles. The van der Waals surface area contributed by atoms with Gasteiger partial charge in [-0.3, -0.25) is 4.79 Å². The number of nitrogens with one attached hydrogen (secondary N) is 1. The minimum absolute atomic E-state index is 0.177. The van der Waals surface area contributed by atoms with Crippen LogP contribution < -0.4 is 25.3 Å². The molecule has 27 heavy (non-hydrogen) atoms. The number of nitrogens with zero attached hydrogens (tertiary/aromatic N) is 1. The van der Waals surface area contributed by atoms with Gasteiger partial charge in [-0.05, 0) is 24.3 Å². The third-order valence-electron chi connectivity index (χ3n) is 3.83. The molecule has 0 aliphatic carbocycles. The maximum absolute atomic E-state index is 12.8. The minimum atomic E-state index is -0.204. The van der Waals surface area contributed by atoms with Crippen LogP contribution in [0.25, 0.3) is 0 Å². The Kier molecular flexibility index (Phi) is 5.46. The molecule has 0 unspecified atom stereocenters. The third-order valence-corrected chi connectivity index (χ3v) is 4.81. The number of nitrogen functional groups attached to an aromatic ring is 1. The van der Waals surface area contributed by atoms with Gasteiger partial charge in [0.05, 0.1) is 21.3 Å². The highest BCUT2D eigenvalue weighted by Crippen LogP contribution is 2.34. The predicted molar refractivity (Wildman–Crippen MR) is 106 cm³/mol. The molecule has 2 aromatic carbocycles. The Hall–Kier alpha value is -3.26. The first kappa shape index (κ1) is 18.5. The number of nitrogens with two attached hydrogens (primary N) is 1. The molecule has 0 spiro atoms. The summed E-state index contributed by atoms with van der Waals surface area (Å²) >= 11 is 1.18. The molecule has 1 heterocycles. The molecule has 0 aliphatic rings. The van der Waals surface area contributed by atoms with Gasteiger partial charge in [-0.1, -0.05) is 23.5 Å². The van der Waals surface area contributed by atoms with E-state index in [1.807, 2.05) is 6.07 Å². The maximum Gasteiger partial charge on any atom is 0.206 e. The minimum Gasteiger partial charge on any atom is -0.497 e. The normalized spacial score (nSPS) is 10.3. The van der Waals surface area contributed by atoms with Crippen LogP contribution in [0.4, 0.5) is 16.6 Å². The number of hydrogen-bond acceptors (Lipinski definition) is 8. The summed E-state index contributed by atoms with van der Waals surface area (Å²) in [5.41, 5.74) is 7.19. The van der Waals surface area contributed by atoms with Crippen molar-refractivity contribution in [1.29, 1.82) is 0 Å². The Morgan fingerprint density at radius 2 is 1.81 bits per heavy atom. The molecule has 3 rings (SSSR count). The molecule has 3 N–H and O–H groups in total. The fraction of sp³-hybridized carbons (Fsp3) is 0.158. The summed E-state index contributed by atoms with van der Waals surface area (Å²) < 4.78 is 15.7. The van der Waals surface area contributed by atoms with Crippen molar-refractivity contribution in [3.8, 4) is 17.2 Å². The van der Waals surface area contributed by atoms with Crippen molar-refractivity contribution in [3.63, 3.8) is 0 Å². The van der Waals surface area contributed by atoms with E-state index in [9.17, 15) is 4.79 Å². The van der Waals surface area contributed by atoms with Gasteiger partial charge in [-0.25, -0.2) is 4.98 Å². The quantitative estimate of drug-likeness (QED) is 0.598. The molecule has 0 saturated carbocycles. The van der Waals surface area contributed by atoms with E-state index in [-0.39, 0.29) is 11.6 Å². The monoisotopic (exact) mass is 385 g/mol. The van der Waals surface area contributed by atoms with E-state index in [1.165, 1.54) is 11.3 Å². The first-order valence-corrected chi connectivity index (χ1v) is 8.81. The zero-order valence-corrected chi connectivity index (χ0v) is 15.9. The Morgan fingerprint density at radius 1 is 1.04 bits per heavy atom. The molecule has 0 atom stereocenters. The Balaban J connectivity index is 1.85. The van der Waals surface area contributed by atoms with Crippen LogP contribution in [0, 0.1) is 0 Å². The van der Waals surface area contributed by atoms with Gasteiger partial charge in [0.1, 0.15) is 16.4 Å². The average Bonchev–Trinajstić information content (AvgIpc) is 3.07. The van der Waals surface area contributed by atoms with E-state index >= 15 is 0 Å². The van der Waals surface area contributed by atoms with Crippen LogP contribution in [0.15, 0.2) is 42.5 Å². The van der Waals surface area contributed by atoms with Crippen molar-refractivity contribution < 1.29 is 19.0 Å². The predicted octanol–water partition coefficient (Wildman–Crippen LogP) is 3.73. The Labute approximate surface area is 160 Å². The zero-order valence-electron chi connectivity index (χ0n) is 15.1. The number of carbonyl (C=O) groups excluding carboxylic acids is 1. The summed E-state index contributed by atoms with van der Waals surface area (Å²) in [5, 5.41) is 3.64. The number of anilines is 3. The number of benzene rings is 2. The van der Waals surface area contributed by atoms with Gasteiger partial charge in [0.2, 0.25) is 5.78 Å². The molecule has 3 aromatic rings. The summed E-state index contributed by atoms with van der Waals surface area (Å²) in [4.78, 5) is 17.4. The highest BCUT2D eigenvalue weighted by molar-refractivity contribution is 7.18. The van der Waals surface area contributed by atoms with Crippen molar-refractivity contribution in [2.75, 3.05) is 32.4 Å². The van der Waals surface area contributed by atoms with Gasteiger partial charge in [0.15, 0.2) is 16.6 Å². The second-order valence-electron chi connectivity index (χ2n) is 5.49. The molecule has 8 heteroatoms. The van der Waals surface area contributed by atoms with Crippen molar-refractivity contribution in [2.45, 2.75) is 0 Å². The third kappa shape index (κ3) is 3.95. The number of thiazole rings is 1. The number of hydrogen-bond donors (Lipinski definition) is 2. The topological polar surface area (TPSA) is 95.7 Å². The average molecular weight is 385 g/mol. The number of ketones is 1. The van der Waals surface area contributed by atoms with Crippen LogP contribution >= 0.6 is 11.3 Å². The fourth-order valence-electron chi connectivity index (χ4n) is 2.48. The van der Waals surface area contributed by atoms with E-state index in [0.29, 0.717) is 32.8 Å². The SMILES string of the molecule is COc1cccc(C(=O)c2sc(Nc3ccc(OC)c(OC)c3)nc2N)c1. The van der Waals surface area contributed by atoms with Gasteiger partial charge in [-0.2, -0.15) is 0 Å². The lowest BCUT2D eigenvalue weighted by Crippen LogP contribution is -2.02. The number of rotatable bonds is 7. The van der Waals surface area contributed by atoms with Crippen LogP contribution in [0.5, 0.6) is 17.2 Å². The summed E-state index contributed by atoms with van der Waals surface area (Å²) in [5.74, 6) is 1.78. The number of carbonyl (C=O) groups is 1. The molecule has 0 saturated heterocycles. The van der Waals surface area contributed by atoms with E-state index in [4.69, 9.17) is 19.9 Å². The van der Waals surface area contributed by atoms with E-state index in [1.54, 1.807) is 57.7 Å². The molecule has 0 fully saturated rings. The van der Waals surface area contributed by atoms with Gasteiger partial charge in [0, 0.05) is 17.3 Å². The first-order chi connectivity index (χ1) is 13.0. The summed E-state index contributed by atoms with van der Waals surface area (Å²) in [7, 11) is 4.69.